The Morgan fingerprint density at radius 1 is 1.33 bits per heavy atom. The molecule has 2 aromatic rings. The molecule has 1 aromatic carbocycles. The van der Waals surface area contributed by atoms with Gasteiger partial charge in [0.15, 0.2) is 0 Å². The number of nitro groups is 1. The van der Waals surface area contributed by atoms with E-state index in [0.717, 1.165) is 5.56 Å². The van der Waals surface area contributed by atoms with Crippen LogP contribution in [0, 0.1) is 10.1 Å². The zero-order valence-corrected chi connectivity index (χ0v) is 11.3. The number of nitrogens with two attached hydrogens (primary N) is 1. The Labute approximate surface area is 121 Å². The third-order valence-electron chi connectivity index (χ3n) is 3.04. The molecule has 0 aliphatic heterocycles. The van der Waals surface area contributed by atoms with Crippen LogP contribution in [0.4, 0.5) is 11.4 Å². The van der Waals surface area contributed by atoms with Crippen molar-refractivity contribution in [2.75, 3.05) is 5.73 Å². The van der Waals surface area contributed by atoms with Crippen molar-refractivity contribution in [3.63, 3.8) is 0 Å². The van der Waals surface area contributed by atoms with E-state index in [9.17, 15) is 14.9 Å². The van der Waals surface area contributed by atoms with E-state index in [4.69, 9.17) is 5.73 Å². The van der Waals surface area contributed by atoms with Crippen LogP contribution in [0.25, 0.3) is 0 Å². The van der Waals surface area contributed by atoms with E-state index in [2.05, 4.69) is 10.3 Å². The van der Waals surface area contributed by atoms with Crippen molar-refractivity contribution in [3.05, 3.63) is 64.0 Å². The lowest BCUT2D eigenvalue weighted by Crippen LogP contribution is -2.26. The molecule has 0 aliphatic carbocycles. The van der Waals surface area contributed by atoms with Crippen molar-refractivity contribution < 1.29 is 9.72 Å². The summed E-state index contributed by atoms with van der Waals surface area (Å²) in [6.45, 7) is 1.84. The summed E-state index contributed by atoms with van der Waals surface area (Å²) in [5.74, 6) is -0.346. The van der Waals surface area contributed by atoms with Crippen LogP contribution in [-0.4, -0.2) is 15.8 Å². The van der Waals surface area contributed by atoms with E-state index in [-0.39, 0.29) is 28.9 Å². The number of hydrogen-bond donors (Lipinski definition) is 2. The Balaban J connectivity index is 2.14. The van der Waals surface area contributed by atoms with Gasteiger partial charge in [-0.05, 0) is 36.8 Å². The van der Waals surface area contributed by atoms with Crippen molar-refractivity contribution in [2.24, 2.45) is 0 Å². The molecular formula is C14H14N4O3. The fraction of sp³-hybridized carbons (Fsp3) is 0.143. The van der Waals surface area contributed by atoms with Gasteiger partial charge >= 0.3 is 0 Å². The van der Waals surface area contributed by atoms with E-state index in [0.29, 0.717) is 0 Å². The predicted molar refractivity (Wildman–Crippen MR) is 77.6 cm³/mol. The molecule has 1 unspecified atom stereocenters. The van der Waals surface area contributed by atoms with Gasteiger partial charge in [-0.15, -0.1) is 0 Å². The van der Waals surface area contributed by atoms with Gasteiger partial charge in [-0.2, -0.15) is 0 Å². The average molecular weight is 286 g/mol. The minimum atomic E-state index is -0.587. The molecule has 0 aliphatic rings. The van der Waals surface area contributed by atoms with E-state index in [1.165, 1.54) is 18.2 Å². The van der Waals surface area contributed by atoms with Crippen LogP contribution in [0.3, 0.4) is 0 Å². The molecule has 0 saturated carbocycles. The second-order valence-electron chi connectivity index (χ2n) is 4.51. The van der Waals surface area contributed by atoms with Gasteiger partial charge in [-0.25, -0.2) is 0 Å². The van der Waals surface area contributed by atoms with E-state index in [1.807, 2.05) is 6.92 Å². The van der Waals surface area contributed by atoms with Crippen molar-refractivity contribution >= 4 is 17.3 Å². The number of carbonyl (C=O) groups is 1. The summed E-state index contributed by atoms with van der Waals surface area (Å²) in [6, 6.07) is 7.29. The summed E-state index contributed by atoms with van der Waals surface area (Å²) in [6.07, 6.45) is 3.28. The standard InChI is InChI=1S/C14H14N4O3/c1-9(10-4-6-16-7-5-10)17-14(19)11-2-3-13(18(20)21)12(15)8-11/h2-9H,15H2,1H3,(H,17,19). The topological polar surface area (TPSA) is 111 Å². The zero-order valence-electron chi connectivity index (χ0n) is 11.3. The van der Waals surface area contributed by atoms with Crippen LogP contribution in [0.1, 0.15) is 28.9 Å². The van der Waals surface area contributed by atoms with Gasteiger partial charge < -0.3 is 11.1 Å². The van der Waals surface area contributed by atoms with Gasteiger partial charge in [0.05, 0.1) is 11.0 Å². The molecule has 0 fully saturated rings. The molecule has 108 valence electrons. The highest BCUT2D eigenvalue weighted by Crippen LogP contribution is 2.22. The third kappa shape index (κ3) is 3.33. The second kappa shape index (κ2) is 6.00. The van der Waals surface area contributed by atoms with E-state index >= 15 is 0 Å². The molecule has 1 atom stereocenters. The largest absolute Gasteiger partial charge is 0.393 e. The van der Waals surface area contributed by atoms with Gasteiger partial charge in [0, 0.05) is 24.0 Å². The average Bonchev–Trinajstić information content (AvgIpc) is 2.47. The lowest BCUT2D eigenvalue weighted by molar-refractivity contribution is -0.383. The molecule has 1 aromatic heterocycles. The number of pyridine rings is 1. The van der Waals surface area contributed by atoms with Crippen molar-refractivity contribution in [1.82, 2.24) is 10.3 Å². The van der Waals surface area contributed by atoms with Gasteiger partial charge in [0.2, 0.25) is 0 Å². The number of aromatic nitrogens is 1. The predicted octanol–water partition coefficient (Wildman–Crippen LogP) is 2.06. The summed E-state index contributed by atoms with van der Waals surface area (Å²) in [5, 5.41) is 13.5. The van der Waals surface area contributed by atoms with Crippen LogP contribution < -0.4 is 11.1 Å². The van der Waals surface area contributed by atoms with E-state index in [1.54, 1.807) is 24.5 Å². The molecule has 2 rings (SSSR count). The molecule has 1 heterocycles. The summed E-state index contributed by atoms with van der Waals surface area (Å²) >= 11 is 0. The Kier molecular flexibility index (Phi) is 4.13. The van der Waals surface area contributed by atoms with Crippen LogP contribution >= 0.6 is 0 Å². The number of nitrogens with one attached hydrogen (secondary N) is 1. The Hall–Kier alpha value is -2.96. The van der Waals surface area contributed by atoms with Crippen molar-refractivity contribution in [2.45, 2.75) is 13.0 Å². The number of nitro benzene ring substituents is 1. The Bertz CT molecular complexity index is 673. The summed E-state index contributed by atoms with van der Waals surface area (Å²) in [5.41, 5.74) is 6.51. The fourth-order valence-electron chi connectivity index (χ4n) is 1.88. The Morgan fingerprint density at radius 2 is 2.00 bits per heavy atom. The number of amides is 1. The minimum absolute atomic E-state index is 0.0378. The van der Waals surface area contributed by atoms with Crippen LogP contribution in [0.2, 0.25) is 0 Å². The molecule has 7 heteroatoms. The SMILES string of the molecule is CC(NC(=O)c1ccc([N+](=O)[O-])c(N)c1)c1ccncc1. The van der Waals surface area contributed by atoms with Gasteiger partial charge in [-0.3, -0.25) is 19.9 Å². The van der Waals surface area contributed by atoms with E-state index < -0.39 is 4.92 Å². The summed E-state index contributed by atoms with van der Waals surface area (Å²) in [7, 11) is 0. The van der Waals surface area contributed by atoms with Gasteiger partial charge in [0.1, 0.15) is 5.69 Å². The first kappa shape index (κ1) is 14.4. The third-order valence-corrected chi connectivity index (χ3v) is 3.04. The summed E-state index contributed by atoms with van der Waals surface area (Å²) in [4.78, 5) is 26.1. The number of anilines is 1. The lowest BCUT2D eigenvalue weighted by Gasteiger charge is -2.14. The van der Waals surface area contributed by atoms with Crippen LogP contribution in [-0.2, 0) is 0 Å². The molecular weight excluding hydrogens is 272 g/mol. The second-order valence-corrected chi connectivity index (χ2v) is 4.51. The quantitative estimate of drug-likeness (QED) is 0.507. The molecule has 0 radical (unpaired) electrons. The minimum Gasteiger partial charge on any atom is -0.393 e. The number of nitrogen functional groups attached to an aromatic ring is 1. The number of benzene rings is 1. The van der Waals surface area contributed by atoms with Gasteiger partial charge in [0.25, 0.3) is 11.6 Å². The first-order chi connectivity index (χ1) is 9.99. The highest BCUT2D eigenvalue weighted by molar-refractivity contribution is 5.96. The molecule has 3 N–H and O–H groups in total. The first-order valence-corrected chi connectivity index (χ1v) is 6.23. The fourth-order valence-corrected chi connectivity index (χ4v) is 1.88. The molecule has 0 bridgehead atoms. The first-order valence-electron chi connectivity index (χ1n) is 6.23. The van der Waals surface area contributed by atoms with Crippen LogP contribution in [0.5, 0.6) is 0 Å². The van der Waals surface area contributed by atoms with Crippen LogP contribution in [0.15, 0.2) is 42.7 Å². The molecule has 1 amide bonds. The summed E-state index contributed by atoms with van der Waals surface area (Å²) < 4.78 is 0. The molecule has 7 nitrogen and oxygen atoms in total. The van der Waals surface area contributed by atoms with Crippen molar-refractivity contribution in [3.8, 4) is 0 Å². The number of rotatable bonds is 4. The maximum Gasteiger partial charge on any atom is 0.292 e. The number of hydrogen-bond acceptors (Lipinski definition) is 5. The highest BCUT2D eigenvalue weighted by atomic mass is 16.6. The smallest absolute Gasteiger partial charge is 0.292 e. The zero-order chi connectivity index (χ0) is 15.4. The van der Waals surface area contributed by atoms with Crippen molar-refractivity contribution in [1.29, 1.82) is 0 Å². The maximum atomic E-state index is 12.1. The normalized spacial score (nSPS) is 11.7. The molecule has 21 heavy (non-hydrogen) atoms. The monoisotopic (exact) mass is 286 g/mol. The molecule has 0 saturated heterocycles. The van der Waals surface area contributed by atoms with Gasteiger partial charge in [-0.1, -0.05) is 0 Å². The lowest BCUT2D eigenvalue weighted by atomic mass is 10.1. The highest BCUT2D eigenvalue weighted by Gasteiger charge is 2.16. The number of carbonyl (C=O) groups excluding carboxylic acids is 1. The maximum absolute atomic E-state index is 12.1. The molecule has 0 spiro atoms. The number of nitrogens with zero attached hydrogens (tertiary/aromatic N) is 2. The Morgan fingerprint density at radius 3 is 2.57 bits per heavy atom.